The van der Waals surface area contributed by atoms with Gasteiger partial charge in [-0.1, -0.05) is 0 Å². The van der Waals surface area contributed by atoms with Crippen molar-refractivity contribution >= 4 is 17.7 Å². The van der Waals surface area contributed by atoms with Crippen LogP contribution in [0.15, 0.2) is 12.5 Å². The lowest BCUT2D eigenvalue weighted by Crippen LogP contribution is -2.52. The average molecular weight is 361 g/mol. The maximum Gasteiger partial charge on any atom is 0.245 e. The largest absolute Gasteiger partial charge is 0.348 e. The SMILES string of the molecule is CC(=O)N[C@@H](Cc1cnc[nH]1)C(=O)N1CCC(C(=O)N2CCCC2)CC1. The van der Waals surface area contributed by atoms with Crippen LogP contribution in [0.4, 0.5) is 0 Å². The van der Waals surface area contributed by atoms with E-state index in [2.05, 4.69) is 15.3 Å². The second-order valence-corrected chi connectivity index (χ2v) is 7.17. The predicted octanol–water partition coefficient (Wildman–Crippen LogP) is 0.318. The van der Waals surface area contributed by atoms with Crippen LogP contribution in [0.25, 0.3) is 0 Å². The molecule has 8 nitrogen and oxygen atoms in total. The number of carbonyl (C=O) groups excluding carboxylic acids is 3. The molecule has 2 saturated heterocycles. The minimum Gasteiger partial charge on any atom is -0.348 e. The number of nitrogens with one attached hydrogen (secondary N) is 2. The molecule has 0 radical (unpaired) electrons. The van der Waals surface area contributed by atoms with Crippen molar-refractivity contribution in [2.24, 2.45) is 5.92 Å². The first-order valence-corrected chi connectivity index (χ1v) is 9.36. The van der Waals surface area contributed by atoms with Crippen molar-refractivity contribution < 1.29 is 14.4 Å². The average Bonchev–Trinajstić information content (AvgIpc) is 3.33. The number of hydrogen-bond acceptors (Lipinski definition) is 4. The van der Waals surface area contributed by atoms with Gasteiger partial charge in [-0.3, -0.25) is 14.4 Å². The van der Waals surface area contributed by atoms with Crippen LogP contribution >= 0.6 is 0 Å². The number of carbonyl (C=O) groups is 3. The summed E-state index contributed by atoms with van der Waals surface area (Å²) in [7, 11) is 0. The van der Waals surface area contributed by atoms with Crippen LogP contribution in [0, 0.1) is 5.92 Å². The highest BCUT2D eigenvalue weighted by Crippen LogP contribution is 2.22. The Labute approximate surface area is 153 Å². The summed E-state index contributed by atoms with van der Waals surface area (Å²) in [4.78, 5) is 47.6. The molecule has 3 amide bonds. The highest BCUT2D eigenvalue weighted by molar-refractivity contribution is 5.87. The lowest BCUT2D eigenvalue weighted by atomic mass is 9.94. The Morgan fingerprint density at radius 1 is 1.19 bits per heavy atom. The third kappa shape index (κ3) is 4.42. The topological polar surface area (TPSA) is 98.4 Å². The van der Waals surface area contributed by atoms with E-state index in [0.29, 0.717) is 32.4 Å². The lowest BCUT2D eigenvalue weighted by molar-refractivity contribution is -0.141. The zero-order valence-electron chi connectivity index (χ0n) is 15.2. The molecule has 0 aromatic carbocycles. The molecule has 1 aromatic heterocycles. The number of H-pyrrole nitrogens is 1. The second-order valence-electron chi connectivity index (χ2n) is 7.17. The van der Waals surface area contributed by atoms with Crippen LogP contribution in [0.1, 0.15) is 38.3 Å². The van der Waals surface area contributed by atoms with E-state index in [0.717, 1.165) is 31.6 Å². The molecule has 1 atom stereocenters. The fourth-order valence-electron chi connectivity index (χ4n) is 3.82. The number of aromatic nitrogens is 2. The van der Waals surface area contributed by atoms with E-state index in [-0.39, 0.29) is 23.6 Å². The van der Waals surface area contributed by atoms with Crippen molar-refractivity contribution in [3.8, 4) is 0 Å². The number of nitrogens with zero attached hydrogens (tertiary/aromatic N) is 3. The quantitative estimate of drug-likeness (QED) is 0.789. The van der Waals surface area contributed by atoms with Gasteiger partial charge in [0.05, 0.1) is 6.33 Å². The van der Waals surface area contributed by atoms with Crippen LogP contribution in [-0.4, -0.2) is 69.7 Å². The maximum atomic E-state index is 12.9. The van der Waals surface area contributed by atoms with E-state index in [1.165, 1.54) is 6.92 Å². The van der Waals surface area contributed by atoms with Crippen molar-refractivity contribution in [2.75, 3.05) is 26.2 Å². The Hall–Kier alpha value is -2.38. The summed E-state index contributed by atoms with van der Waals surface area (Å²) in [6, 6.07) is -0.612. The van der Waals surface area contributed by atoms with E-state index < -0.39 is 6.04 Å². The Bertz CT molecular complexity index is 631. The number of amides is 3. The van der Waals surface area contributed by atoms with Gasteiger partial charge in [0.15, 0.2) is 0 Å². The van der Waals surface area contributed by atoms with Crippen molar-refractivity contribution in [3.05, 3.63) is 18.2 Å². The lowest BCUT2D eigenvalue weighted by Gasteiger charge is -2.35. The first kappa shape index (κ1) is 18.4. The monoisotopic (exact) mass is 361 g/mol. The zero-order valence-corrected chi connectivity index (χ0v) is 15.2. The summed E-state index contributed by atoms with van der Waals surface area (Å²) in [6.07, 6.45) is 7.16. The van der Waals surface area contributed by atoms with Gasteiger partial charge in [-0.05, 0) is 25.7 Å². The van der Waals surface area contributed by atoms with Gasteiger partial charge in [0.2, 0.25) is 17.7 Å². The summed E-state index contributed by atoms with van der Waals surface area (Å²) in [5.74, 6) is -0.0710. The standard InChI is InChI=1S/C18H27N5O3/c1-13(24)21-16(10-15-11-19-12-20-15)18(26)23-8-4-14(5-9-23)17(25)22-6-2-3-7-22/h11-12,14,16H,2-10H2,1H3,(H,19,20)(H,21,24)/t16-/m0/s1. The van der Waals surface area contributed by atoms with Crippen LogP contribution in [0.2, 0.25) is 0 Å². The fraction of sp³-hybridized carbons (Fsp3) is 0.667. The Kier molecular flexibility index (Phi) is 5.90. The molecule has 1 aromatic rings. The third-order valence-corrected chi connectivity index (χ3v) is 5.23. The van der Waals surface area contributed by atoms with Crippen molar-refractivity contribution in [1.82, 2.24) is 25.1 Å². The van der Waals surface area contributed by atoms with E-state index in [1.807, 2.05) is 4.90 Å². The number of piperidine rings is 1. The highest BCUT2D eigenvalue weighted by Gasteiger charge is 2.33. The Morgan fingerprint density at radius 3 is 2.46 bits per heavy atom. The molecule has 2 aliphatic rings. The smallest absolute Gasteiger partial charge is 0.245 e. The third-order valence-electron chi connectivity index (χ3n) is 5.23. The summed E-state index contributed by atoms with van der Waals surface area (Å²) in [5, 5.41) is 2.74. The molecule has 0 spiro atoms. The molecule has 2 aliphatic heterocycles. The molecule has 142 valence electrons. The highest BCUT2D eigenvalue weighted by atomic mass is 16.2. The summed E-state index contributed by atoms with van der Waals surface area (Å²) in [5.41, 5.74) is 0.802. The minimum atomic E-state index is -0.612. The molecule has 8 heteroatoms. The van der Waals surface area contributed by atoms with Gasteiger partial charge in [-0.25, -0.2) is 4.98 Å². The summed E-state index contributed by atoms with van der Waals surface area (Å²) in [6.45, 7) is 4.26. The number of likely N-dealkylation sites (tertiary alicyclic amines) is 2. The maximum absolute atomic E-state index is 12.9. The fourth-order valence-corrected chi connectivity index (χ4v) is 3.82. The van der Waals surface area contributed by atoms with Gasteiger partial charge in [-0.2, -0.15) is 0 Å². The van der Waals surface area contributed by atoms with Gasteiger partial charge in [0, 0.05) is 57.3 Å². The molecule has 0 saturated carbocycles. The van der Waals surface area contributed by atoms with Gasteiger partial charge in [0.1, 0.15) is 6.04 Å². The first-order valence-electron chi connectivity index (χ1n) is 9.36. The molecule has 3 rings (SSSR count). The number of aromatic amines is 1. The minimum absolute atomic E-state index is 0.0176. The molecular weight excluding hydrogens is 334 g/mol. The normalized spacial score (nSPS) is 19.4. The molecule has 0 bridgehead atoms. The van der Waals surface area contributed by atoms with Crippen molar-refractivity contribution in [2.45, 2.75) is 45.1 Å². The van der Waals surface area contributed by atoms with E-state index >= 15 is 0 Å². The molecule has 3 heterocycles. The summed E-state index contributed by atoms with van der Waals surface area (Å²) < 4.78 is 0. The van der Waals surface area contributed by atoms with Gasteiger partial charge >= 0.3 is 0 Å². The number of rotatable bonds is 5. The second kappa shape index (κ2) is 8.33. The van der Waals surface area contributed by atoms with Gasteiger partial charge < -0.3 is 20.1 Å². The first-order chi connectivity index (χ1) is 12.5. The predicted molar refractivity (Wildman–Crippen MR) is 95.0 cm³/mol. The number of imidazole rings is 1. The molecular formula is C18H27N5O3. The number of hydrogen-bond donors (Lipinski definition) is 2. The van der Waals surface area contributed by atoms with E-state index in [4.69, 9.17) is 0 Å². The molecule has 2 N–H and O–H groups in total. The zero-order chi connectivity index (χ0) is 18.5. The van der Waals surface area contributed by atoms with Crippen LogP contribution in [0.5, 0.6) is 0 Å². The van der Waals surface area contributed by atoms with Crippen LogP contribution in [-0.2, 0) is 20.8 Å². The van der Waals surface area contributed by atoms with Gasteiger partial charge in [-0.15, -0.1) is 0 Å². The van der Waals surface area contributed by atoms with E-state index in [9.17, 15) is 14.4 Å². The molecule has 0 aliphatic carbocycles. The van der Waals surface area contributed by atoms with Crippen molar-refractivity contribution in [3.63, 3.8) is 0 Å². The summed E-state index contributed by atoms with van der Waals surface area (Å²) >= 11 is 0. The van der Waals surface area contributed by atoms with Gasteiger partial charge in [0.25, 0.3) is 0 Å². The van der Waals surface area contributed by atoms with Crippen LogP contribution < -0.4 is 5.32 Å². The van der Waals surface area contributed by atoms with E-state index in [1.54, 1.807) is 17.4 Å². The van der Waals surface area contributed by atoms with Crippen molar-refractivity contribution in [1.29, 1.82) is 0 Å². The molecule has 0 unspecified atom stereocenters. The van der Waals surface area contributed by atoms with Crippen LogP contribution in [0.3, 0.4) is 0 Å². The Balaban J connectivity index is 1.56. The molecule has 26 heavy (non-hydrogen) atoms. The Morgan fingerprint density at radius 2 is 1.88 bits per heavy atom. The molecule has 2 fully saturated rings.